The van der Waals surface area contributed by atoms with Crippen LogP contribution in [0.4, 0.5) is 10.5 Å². The number of alkyl carbamates (subject to hydrolysis) is 1. The van der Waals surface area contributed by atoms with Gasteiger partial charge in [0.15, 0.2) is 0 Å². The number of unbranched alkanes of at least 4 members (excludes halogenated alkanes) is 1. The third kappa shape index (κ3) is 4.21. The van der Waals surface area contributed by atoms with Crippen LogP contribution >= 0.6 is 0 Å². The van der Waals surface area contributed by atoms with Gasteiger partial charge in [0.25, 0.3) is 0 Å². The Balaban J connectivity index is 2.29. The quantitative estimate of drug-likeness (QED) is 0.593. The Morgan fingerprint density at radius 2 is 2.19 bits per heavy atom. The van der Waals surface area contributed by atoms with E-state index >= 15 is 0 Å². The van der Waals surface area contributed by atoms with Gasteiger partial charge in [0.2, 0.25) is 0 Å². The van der Waals surface area contributed by atoms with Crippen molar-refractivity contribution in [3.05, 3.63) is 29.8 Å². The van der Waals surface area contributed by atoms with Gasteiger partial charge in [-0.25, -0.2) is 4.79 Å². The Morgan fingerprint density at radius 1 is 1.44 bits per heavy atom. The molecule has 0 atom stereocenters. The standard InChI is InChI=1S/C12H18N2O2/c1-2-3-8-16-12(15)14-9-10-6-4-5-7-11(10)13/h4-7H,2-3,8-9,13H2,1H3,(H,14,15). The first-order valence-corrected chi connectivity index (χ1v) is 5.48. The van der Waals surface area contributed by atoms with Gasteiger partial charge in [-0.3, -0.25) is 0 Å². The van der Waals surface area contributed by atoms with E-state index in [1.54, 1.807) is 6.07 Å². The molecular weight excluding hydrogens is 204 g/mol. The first kappa shape index (κ1) is 12.4. The van der Waals surface area contributed by atoms with Gasteiger partial charge >= 0.3 is 6.09 Å². The molecule has 88 valence electrons. The molecule has 0 radical (unpaired) electrons. The van der Waals surface area contributed by atoms with Crippen molar-refractivity contribution in [3.63, 3.8) is 0 Å². The van der Waals surface area contributed by atoms with Crippen LogP contribution in [-0.2, 0) is 11.3 Å². The number of benzene rings is 1. The second-order valence-electron chi connectivity index (χ2n) is 3.54. The highest BCUT2D eigenvalue weighted by Crippen LogP contribution is 2.09. The number of ether oxygens (including phenoxy) is 1. The van der Waals surface area contributed by atoms with Crippen molar-refractivity contribution >= 4 is 11.8 Å². The zero-order valence-electron chi connectivity index (χ0n) is 9.53. The van der Waals surface area contributed by atoms with E-state index in [1.165, 1.54) is 0 Å². The molecule has 0 aliphatic heterocycles. The first-order valence-electron chi connectivity index (χ1n) is 5.48. The summed E-state index contributed by atoms with van der Waals surface area (Å²) in [5.41, 5.74) is 7.31. The number of amides is 1. The van der Waals surface area contributed by atoms with Crippen LogP contribution in [-0.4, -0.2) is 12.7 Å². The van der Waals surface area contributed by atoms with Crippen LogP contribution in [0.2, 0.25) is 0 Å². The summed E-state index contributed by atoms with van der Waals surface area (Å²) in [6, 6.07) is 7.43. The summed E-state index contributed by atoms with van der Waals surface area (Å²) >= 11 is 0. The summed E-state index contributed by atoms with van der Waals surface area (Å²) in [5, 5.41) is 2.66. The number of nitrogen functional groups attached to an aromatic ring is 1. The van der Waals surface area contributed by atoms with Gasteiger partial charge in [-0.05, 0) is 18.1 Å². The van der Waals surface area contributed by atoms with Crippen LogP contribution < -0.4 is 11.1 Å². The fraction of sp³-hybridized carbons (Fsp3) is 0.417. The van der Waals surface area contributed by atoms with E-state index in [9.17, 15) is 4.79 Å². The van der Waals surface area contributed by atoms with E-state index in [0.717, 1.165) is 18.4 Å². The predicted molar refractivity (Wildman–Crippen MR) is 64.0 cm³/mol. The maximum absolute atomic E-state index is 11.2. The molecule has 1 aromatic rings. The zero-order chi connectivity index (χ0) is 11.8. The lowest BCUT2D eigenvalue weighted by Gasteiger charge is -2.08. The Bertz CT molecular complexity index is 340. The molecule has 1 amide bonds. The summed E-state index contributed by atoms with van der Waals surface area (Å²) in [6.45, 7) is 2.91. The van der Waals surface area contributed by atoms with Gasteiger partial charge in [0.05, 0.1) is 6.61 Å². The number of nitrogens with one attached hydrogen (secondary N) is 1. The molecule has 0 saturated carbocycles. The van der Waals surface area contributed by atoms with Crippen LogP contribution in [0.15, 0.2) is 24.3 Å². The smallest absolute Gasteiger partial charge is 0.407 e. The van der Waals surface area contributed by atoms with Crippen molar-refractivity contribution in [2.75, 3.05) is 12.3 Å². The van der Waals surface area contributed by atoms with E-state index in [-0.39, 0.29) is 0 Å². The molecule has 4 heteroatoms. The molecule has 0 aliphatic rings. The second kappa shape index (κ2) is 6.71. The Hall–Kier alpha value is -1.71. The molecular formula is C12H18N2O2. The summed E-state index contributed by atoms with van der Waals surface area (Å²) in [7, 11) is 0. The van der Waals surface area contributed by atoms with Crippen molar-refractivity contribution in [2.45, 2.75) is 26.3 Å². The molecule has 0 spiro atoms. The fourth-order valence-corrected chi connectivity index (χ4v) is 1.22. The normalized spacial score (nSPS) is 9.81. The van der Waals surface area contributed by atoms with E-state index < -0.39 is 6.09 Å². The van der Waals surface area contributed by atoms with Gasteiger partial charge in [0.1, 0.15) is 0 Å². The van der Waals surface area contributed by atoms with Gasteiger partial charge < -0.3 is 15.8 Å². The van der Waals surface area contributed by atoms with Crippen LogP contribution in [0, 0.1) is 0 Å². The number of para-hydroxylation sites is 1. The third-order valence-electron chi connectivity index (χ3n) is 2.21. The molecule has 0 heterocycles. The number of rotatable bonds is 5. The van der Waals surface area contributed by atoms with Crippen molar-refractivity contribution in [1.29, 1.82) is 0 Å². The number of carbonyl (C=O) groups excluding carboxylic acids is 1. The lowest BCUT2D eigenvalue weighted by Crippen LogP contribution is -2.24. The highest BCUT2D eigenvalue weighted by atomic mass is 16.5. The van der Waals surface area contributed by atoms with Crippen LogP contribution in [0.3, 0.4) is 0 Å². The second-order valence-corrected chi connectivity index (χ2v) is 3.54. The minimum absolute atomic E-state index is 0.392. The van der Waals surface area contributed by atoms with Gasteiger partial charge in [0, 0.05) is 12.2 Å². The highest BCUT2D eigenvalue weighted by molar-refractivity contribution is 5.67. The van der Waals surface area contributed by atoms with Gasteiger partial charge in [-0.2, -0.15) is 0 Å². The van der Waals surface area contributed by atoms with Gasteiger partial charge in [-0.15, -0.1) is 0 Å². The molecule has 0 bridgehead atoms. The minimum Gasteiger partial charge on any atom is -0.450 e. The SMILES string of the molecule is CCCCOC(=O)NCc1ccccc1N. The summed E-state index contributed by atoms with van der Waals surface area (Å²) in [6.07, 6.45) is 1.51. The lowest BCUT2D eigenvalue weighted by atomic mass is 10.2. The summed E-state index contributed by atoms with van der Waals surface area (Å²) in [4.78, 5) is 11.2. The van der Waals surface area contributed by atoms with Crippen molar-refractivity contribution < 1.29 is 9.53 Å². The molecule has 1 aromatic carbocycles. The van der Waals surface area contributed by atoms with Crippen LogP contribution in [0.25, 0.3) is 0 Å². The maximum atomic E-state index is 11.2. The molecule has 0 aromatic heterocycles. The van der Waals surface area contributed by atoms with Crippen LogP contribution in [0.1, 0.15) is 25.3 Å². The van der Waals surface area contributed by atoms with Crippen molar-refractivity contribution in [2.24, 2.45) is 0 Å². The molecule has 1 rings (SSSR count). The maximum Gasteiger partial charge on any atom is 0.407 e. The average Bonchev–Trinajstić information content (AvgIpc) is 2.28. The van der Waals surface area contributed by atoms with Crippen molar-refractivity contribution in [3.8, 4) is 0 Å². The molecule has 0 saturated heterocycles. The highest BCUT2D eigenvalue weighted by Gasteiger charge is 2.02. The molecule has 3 N–H and O–H groups in total. The van der Waals surface area contributed by atoms with E-state index in [0.29, 0.717) is 18.8 Å². The molecule has 0 aliphatic carbocycles. The summed E-state index contributed by atoms with van der Waals surface area (Å²) < 4.78 is 4.95. The average molecular weight is 222 g/mol. The number of nitrogens with two attached hydrogens (primary N) is 1. The molecule has 0 unspecified atom stereocenters. The Kier molecular flexibility index (Phi) is 5.19. The minimum atomic E-state index is -0.392. The number of anilines is 1. The number of hydrogen-bond acceptors (Lipinski definition) is 3. The summed E-state index contributed by atoms with van der Waals surface area (Å²) in [5.74, 6) is 0. The molecule has 0 fully saturated rings. The van der Waals surface area contributed by atoms with E-state index in [4.69, 9.17) is 10.5 Å². The lowest BCUT2D eigenvalue weighted by molar-refractivity contribution is 0.144. The van der Waals surface area contributed by atoms with Crippen molar-refractivity contribution in [1.82, 2.24) is 5.32 Å². The van der Waals surface area contributed by atoms with E-state index in [1.807, 2.05) is 25.1 Å². The third-order valence-corrected chi connectivity index (χ3v) is 2.21. The molecule has 4 nitrogen and oxygen atoms in total. The fourth-order valence-electron chi connectivity index (χ4n) is 1.22. The topological polar surface area (TPSA) is 64.3 Å². The molecule has 16 heavy (non-hydrogen) atoms. The zero-order valence-corrected chi connectivity index (χ0v) is 9.53. The predicted octanol–water partition coefficient (Wildman–Crippen LogP) is 2.30. The Labute approximate surface area is 95.8 Å². The number of carbonyl (C=O) groups is 1. The number of hydrogen-bond donors (Lipinski definition) is 2. The first-order chi connectivity index (χ1) is 7.74. The largest absolute Gasteiger partial charge is 0.450 e. The van der Waals surface area contributed by atoms with Gasteiger partial charge in [-0.1, -0.05) is 31.5 Å². The monoisotopic (exact) mass is 222 g/mol. The Morgan fingerprint density at radius 3 is 2.88 bits per heavy atom. The van der Waals surface area contributed by atoms with Crippen LogP contribution in [0.5, 0.6) is 0 Å². The van der Waals surface area contributed by atoms with E-state index in [2.05, 4.69) is 5.32 Å².